The van der Waals surface area contributed by atoms with Crippen molar-refractivity contribution in [3.8, 4) is 11.5 Å². The molecule has 0 atom stereocenters. The van der Waals surface area contributed by atoms with E-state index < -0.39 is 0 Å². The normalized spacial score (nSPS) is 10.0. The highest BCUT2D eigenvalue weighted by Crippen LogP contribution is 2.26. The summed E-state index contributed by atoms with van der Waals surface area (Å²) in [5, 5.41) is 5.83. The molecular formula is C18H19BrN2O3S. The van der Waals surface area contributed by atoms with Crippen molar-refractivity contribution in [3.63, 3.8) is 0 Å². The lowest BCUT2D eigenvalue weighted by molar-refractivity contribution is 0.0977. The Morgan fingerprint density at radius 2 is 1.76 bits per heavy atom. The SMILES string of the molecule is CCOc1ccc(C(=O)NC(=S)Nc2ccccc2OCC)cc1Br. The average molecular weight is 423 g/mol. The Balaban J connectivity index is 2.03. The van der Waals surface area contributed by atoms with E-state index in [-0.39, 0.29) is 11.0 Å². The fourth-order valence-corrected chi connectivity index (χ4v) is 2.79. The summed E-state index contributed by atoms with van der Waals surface area (Å²) in [5.41, 5.74) is 1.17. The van der Waals surface area contributed by atoms with E-state index in [1.165, 1.54) is 0 Å². The second-order valence-corrected chi connectivity index (χ2v) is 6.18. The molecule has 5 nitrogen and oxygen atoms in total. The highest BCUT2D eigenvalue weighted by Gasteiger charge is 2.12. The van der Waals surface area contributed by atoms with E-state index in [0.29, 0.717) is 40.4 Å². The van der Waals surface area contributed by atoms with Gasteiger partial charge < -0.3 is 14.8 Å². The maximum absolute atomic E-state index is 12.3. The zero-order valence-electron chi connectivity index (χ0n) is 14.0. The molecule has 0 spiro atoms. The molecule has 0 bridgehead atoms. The molecule has 0 saturated heterocycles. The molecule has 0 radical (unpaired) electrons. The number of amides is 1. The van der Waals surface area contributed by atoms with E-state index in [1.807, 2.05) is 38.1 Å². The lowest BCUT2D eigenvalue weighted by Crippen LogP contribution is -2.34. The topological polar surface area (TPSA) is 59.6 Å². The number of hydrogen-bond acceptors (Lipinski definition) is 4. The van der Waals surface area contributed by atoms with Gasteiger partial charge in [0.05, 0.1) is 23.4 Å². The van der Waals surface area contributed by atoms with Crippen LogP contribution >= 0.6 is 28.1 Å². The first-order valence-electron chi connectivity index (χ1n) is 7.81. The molecule has 25 heavy (non-hydrogen) atoms. The molecular weight excluding hydrogens is 404 g/mol. The minimum absolute atomic E-state index is 0.196. The zero-order chi connectivity index (χ0) is 18.2. The number of ether oxygens (including phenoxy) is 2. The highest BCUT2D eigenvalue weighted by atomic mass is 79.9. The molecule has 0 heterocycles. The third kappa shape index (κ3) is 5.44. The molecule has 0 fully saturated rings. The predicted octanol–water partition coefficient (Wildman–Crippen LogP) is 4.37. The first-order valence-corrected chi connectivity index (χ1v) is 9.01. The van der Waals surface area contributed by atoms with Gasteiger partial charge in [0.2, 0.25) is 0 Å². The Labute approximate surface area is 160 Å². The largest absolute Gasteiger partial charge is 0.493 e. The van der Waals surface area contributed by atoms with Crippen LogP contribution in [0.5, 0.6) is 11.5 Å². The number of anilines is 1. The summed E-state index contributed by atoms with van der Waals surface area (Å²) >= 11 is 8.61. The molecule has 2 aromatic carbocycles. The number of benzene rings is 2. The molecule has 0 aliphatic heterocycles. The fraction of sp³-hybridized carbons (Fsp3) is 0.222. The van der Waals surface area contributed by atoms with Gasteiger partial charge in [-0.3, -0.25) is 10.1 Å². The number of carbonyl (C=O) groups excluding carboxylic acids is 1. The van der Waals surface area contributed by atoms with E-state index in [2.05, 4.69) is 26.6 Å². The molecule has 0 saturated carbocycles. The van der Waals surface area contributed by atoms with Crippen molar-refractivity contribution >= 4 is 44.9 Å². The van der Waals surface area contributed by atoms with Gasteiger partial charge in [0, 0.05) is 5.56 Å². The molecule has 0 aliphatic rings. The van der Waals surface area contributed by atoms with Gasteiger partial charge in [0.15, 0.2) is 5.11 Å². The van der Waals surface area contributed by atoms with Crippen molar-refractivity contribution in [2.45, 2.75) is 13.8 Å². The van der Waals surface area contributed by atoms with Crippen LogP contribution in [0.1, 0.15) is 24.2 Å². The molecule has 0 aromatic heterocycles. The molecule has 2 aromatic rings. The Morgan fingerprint density at radius 1 is 1.08 bits per heavy atom. The lowest BCUT2D eigenvalue weighted by Gasteiger charge is -2.14. The molecule has 0 aliphatic carbocycles. The first kappa shape index (κ1) is 19.2. The van der Waals surface area contributed by atoms with E-state index in [4.69, 9.17) is 21.7 Å². The van der Waals surface area contributed by atoms with Crippen LogP contribution in [0.15, 0.2) is 46.9 Å². The Hall–Kier alpha value is -2.12. The van der Waals surface area contributed by atoms with Gasteiger partial charge in [-0.2, -0.15) is 0 Å². The van der Waals surface area contributed by atoms with Crippen molar-refractivity contribution in [1.82, 2.24) is 5.32 Å². The number of nitrogens with one attached hydrogen (secondary N) is 2. The van der Waals surface area contributed by atoms with Gasteiger partial charge in [0.1, 0.15) is 11.5 Å². The first-order chi connectivity index (χ1) is 12.0. The third-order valence-corrected chi connectivity index (χ3v) is 3.98. The van der Waals surface area contributed by atoms with Crippen molar-refractivity contribution in [3.05, 3.63) is 52.5 Å². The zero-order valence-corrected chi connectivity index (χ0v) is 16.4. The average Bonchev–Trinajstić information content (AvgIpc) is 2.58. The van der Waals surface area contributed by atoms with Crippen LogP contribution in [0.25, 0.3) is 0 Å². The number of rotatable bonds is 6. The van der Waals surface area contributed by atoms with E-state index in [9.17, 15) is 4.79 Å². The summed E-state index contributed by atoms with van der Waals surface area (Å²) in [5.74, 6) is 1.05. The maximum atomic E-state index is 12.3. The second kappa shape index (κ2) is 9.39. The van der Waals surface area contributed by atoms with Crippen LogP contribution in [0.4, 0.5) is 5.69 Å². The van der Waals surface area contributed by atoms with Gasteiger partial charge in [-0.1, -0.05) is 12.1 Å². The number of halogens is 1. The standard InChI is InChI=1S/C18H19BrN2O3S/c1-3-23-15-10-9-12(11-13(15)19)17(22)21-18(25)20-14-7-5-6-8-16(14)24-4-2/h5-11H,3-4H2,1-2H3,(H2,20,21,22,25). The number of thiocarbonyl (C=S) groups is 1. The molecule has 0 unspecified atom stereocenters. The van der Waals surface area contributed by atoms with Crippen LogP contribution in [0.2, 0.25) is 0 Å². The molecule has 2 N–H and O–H groups in total. The maximum Gasteiger partial charge on any atom is 0.257 e. The van der Waals surface area contributed by atoms with Gasteiger partial charge in [0.25, 0.3) is 5.91 Å². The summed E-state index contributed by atoms with van der Waals surface area (Å²) in [6, 6.07) is 12.5. The summed E-state index contributed by atoms with van der Waals surface area (Å²) in [7, 11) is 0. The molecule has 7 heteroatoms. The highest BCUT2D eigenvalue weighted by molar-refractivity contribution is 9.10. The fourth-order valence-electron chi connectivity index (χ4n) is 2.09. The van der Waals surface area contributed by atoms with E-state index in [0.717, 1.165) is 0 Å². The molecule has 2 rings (SSSR count). The molecule has 132 valence electrons. The van der Waals surface area contributed by atoms with Crippen LogP contribution in [-0.4, -0.2) is 24.2 Å². The Bertz CT molecular complexity index is 768. The van der Waals surface area contributed by atoms with Crippen LogP contribution in [-0.2, 0) is 0 Å². The van der Waals surface area contributed by atoms with Crippen molar-refractivity contribution < 1.29 is 14.3 Å². The third-order valence-electron chi connectivity index (χ3n) is 3.16. The van der Waals surface area contributed by atoms with Crippen LogP contribution in [0.3, 0.4) is 0 Å². The summed E-state index contributed by atoms with van der Waals surface area (Å²) in [6.07, 6.45) is 0. The summed E-state index contributed by atoms with van der Waals surface area (Å²) in [4.78, 5) is 12.3. The van der Waals surface area contributed by atoms with E-state index in [1.54, 1.807) is 18.2 Å². The van der Waals surface area contributed by atoms with Crippen molar-refractivity contribution in [1.29, 1.82) is 0 Å². The minimum atomic E-state index is -0.310. The Morgan fingerprint density at radius 3 is 2.44 bits per heavy atom. The predicted molar refractivity (Wildman–Crippen MR) is 107 cm³/mol. The van der Waals surface area contributed by atoms with Crippen molar-refractivity contribution in [2.75, 3.05) is 18.5 Å². The van der Waals surface area contributed by atoms with Gasteiger partial charge in [-0.05, 0) is 72.3 Å². The smallest absolute Gasteiger partial charge is 0.257 e. The Kier molecular flexibility index (Phi) is 7.21. The lowest BCUT2D eigenvalue weighted by atomic mass is 10.2. The van der Waals surface area contributed by atoms with Gasteiger partial charge >= 0.3 is 0 Å². The van der Waals surface area contributed by atoms with Gasteiger partial charge in [-0.25, -0.2) is 0 Å². The summed E-state index contributed by atoms with van der Waals surface area (Å²) < 4.78 is 11.7. The molecule has 1 amide bonds. The van der Waals surface area contributed by atoms with E-state index >= 15 is 0 Å². The van der Waals surface area contributed by atoms with Gasteiger partial charge in [-0.15, -0.1) is 0 Å². The second-order valence-electron chi connectivity index (χ2n) is 4.92. The van der Waals surface area contributed by atoms with Crippen LogP contribution in [0, 0.1) is 0 Å². The quantitative estimate of drug-likeness (QED) is 0.676. The minimum Gasteiger partial charge on any atom is -0.493 e. The van der Waals surface area contributed by atoms with Crippen LogP contribution < -0.4 is 20.1 Å². The number of hydrogen-bond donors (Lipinski definition) is 2. The number of para-hydroxylation sites is 2. The van der Waals surface area contributed by atoms with Crippen molar-refractivity contribution in [2.24, 2.45) is 0 Å². The number of carbonyl (C=O) groups is 1. The monoisotopic (exact) mass is 422 g/mol. The summed E-state index contributed by atoms with van der Waals surface area (Å²) in [6.45, 7) is 4.90.